The number of ketones is 1. The molecule has 0 spiro atoms. The second kappa shape index (κ2) is 11.0. The molecule has 0 fully saturated rings. The first kappa shape index (κ1) is 21.4. The Labute approximate surface area is 171 Å². The van der Waals surface area contributed by atoms with Crippen molar-refractivity contribution in [2.24, 2.45) is 0 Å². The van der Waals surface area contributed by atoms with Crippen LogP contribution in [0.5, 0.6) is 5.75 Å². The highest BCUT2D eigenvalue weighted by Crippen LogP contribution is 2.18. The lowest BCUT2D eigenvalue weighted by Crippen LogP contribution is -2.19. The van der Waals surface area contributed by atoms with Crippen molar-refractivity contribution >= 4 is 23.5 Å². The summed E-state index contributed by atoms with van der Waals surface area (Å²) < 4.78 is 5.07. The number of ether oxygens (including phenoxy) is 1. The van der Waals surface area contributed by atoms with E-state index in [0.29, 0.717) is 17.0 Å². The first-order valence-electron chi connectivity index (χ1n) is 8.96. The lowest BCUT2D eigenvalue weighted by molar-refractivity contribution is -0.112. The molecular formula is C25H23NO3. The molecule has 3 aromatic carbocycles. The summed E-state index contributed by atoms with van der Waals surface area (Å²) in [6.45, 7) is 7.21. The fourth-order valence-corrected chi connectivity index (χ4v) is 2.36. The topological polar surface area (TPSA) is 55.4 Å². The van der Waals surface area contributed by atoms with Crippen molar-refractivity contribution in [2.75, 3.05) is 12.4 Å². The summed E-state index contributed by atoms with van der Waals surface area (Å²) in [5, 5.41) is 2.63. The molecule has 0 saturated carbocycles. The van der Waals surface area contributed by atoms with Crippen LogP contribution in [0, 0.1) is 0 Å². The van der Waals surface area contributed by atoms with Crippen LogP contribution < -0.4 is 10.1 Å². The second-order valence-electron chi connectivity index (χ2n) is 5.97. The standard InChI is InChI=1S/C17H15NO3.C8H8/c1-12(16(19)13-7-4-3-5-8-13)17(20)18-14-9-6-10-15(11-14)21-2;1-2-8-6-4-3-5-7-8/h3-11H,1H2,2H3,(H,18,20);2-7H,1H2. The summed E-state index contributed by atoms with van der Waals surface area (Å²) in [5.74, 6) is -0.305. The van der Waals surface area contributed by atoms with Gasteiger partial charge in [0, 0.05) is 17.3 Å². The highest BCUT2D eigenvalue weighted by molar-refractivity contribution is 6.28. The minimum atomic E-state index is -0.530. The van der Waals surface area contributed by atoms with Gasteiger partial charge in [0.05, 0.1) is 12.7 Å². The van der Waals surface area contributed by atoms with E-state index >= 15 is 0 Å². The molecule has 0 aliphatic carbocycles. The van der Waals surface area contributed by atoms with E-state index in [-0.39, 0.29) is 5.57 Å². The quantitative estimate of drug-likeness (QED) is 0.267. The number of anilines is 1. The molecule has 4 nitrogen and oxygen atoms in total. The lowest BCUT2D eigenvalue weighted by Gasteiger charge is -2.08. The molecule has 0 aliphatic heterocycles. The van der Waals surface area contributed by atoms with Gasteiger partial charge in [0.1, 0.15) is 5.75 Å². The van der Waals surface area contributed by atoms with E-state index < -0.39 is 11.7 Å². The van der Waals surface area contributed by atoms with Gasteiger partial charge < -0.3 is 10.1 Å². The molecule has 3 aromatic rings. The van der Waals surface area contributed by atoms with E-state index in [4.69, 9.17) is 4.74 Å². The van der Waals surface area contributed by atoms with Gasteiger partial charge in [-0.2, -0.15) is 0 Å². The molecule has 146 valence electrons. The van der Waals surface area contributed by atoms with Crippen molar-refractivity contribution in [3.05, 3.63) is 115 Å². The Hall–Kier alpha value is -3.92. The highest BCUT2D eigenvalue weighted by Gasteiger charge is 2.17. The van der Waals surface area contributed by atoms with Crippen LogP contribution in [0.25, 0.3) is 6.08 Å². The van der Waals surface area contributed by atoms with Crippen LogP contribution >= 0.6 is 0 Å². The molecule has 0 radical (unpaired) electrons. The van der Waals surface area contributed by atoms with Gasteiger partial charge in [-0.05, 0) is 17.7 Å². The van der Waals surface area contributed by atoms with Crippen LogP contribution in [-0.4, -0.2) is 18.8 Å². The van der Waals surface area contributed by atoms with Crippen molar-refractivity contribution < 1.29 is 14.3 Å². The fraction of sp³-hybridized carbons (Fsp3) is 0.0400. The van der Waals surface area contributed by atoms with Gasteiger partial charge in [-0.15, -0.1) is 0 Å². The van der Waals surface area contributed by atoms with Crippen molar-refractivity contribution in [2.45, 2.75) is 0 Å². The van der Waals surface area contributed by atoms with E-state index in [9.17, 15) is 9.59 Å². The number of carbonyl (C=O) groups excluding carboxylic acids is 2. The van der Waals surface area contributed by atoms with Gasteiger partial charge in [-0.25, -0.2) is 0 Å². The first-order valence-corrected chi connectivity index (χ1v) is 8.96. The Balaban J connectivity index is 0.000000313. The summed E-state index contributed by atoms with van der Waals surface area (Å²) in [6, 6.07) is 25.5. The van der Waals surface area contributed by atoms with Crippen LogP contribution in [0.2, 0.25) is 0 Å². The second-order valence-corrected chi connectivity index (χ2v) is 5.97. The highest BCUT2D eigenvalue weighted by atomic mass is 16.5. The number of rotatable bonds is 6. The largest absolute Gasteiger partial charge is 0.497 e. The van der Waals surface area contributed by atoms with E-state index in [2.05, 4.69) is 18.5 Å². The third-order valence-corrected chi connectivity index (χ3v) is 3.95. The Bertz CT molecular complexity index is 979. The molecule has 0 saturated heterocycles. The smallest absolute Gasteiger partial charge is 0.259 e. The van der Waals surface area contributed by atoms with E-state index in [0.717, 1.165) is 0 Å². The summed E-state index contributed by atoms with van der Waals surface area (Å²) in [7, 11) is 1.54. The number of methoxy groups -OCH3 is 1. The summed E-state index contributed by atoms with van der Waals surface area (Å²) in [4.78, 5) is 24.2. The molecule has 4 heteroatoms. The molecule has 0 aromatic heterocycles. The van der Waals surface area contributed by atoms with Crippen LogP contribution in [0.1, 0.15) is 15.9 Å². The number of amides is 1. The van der Waals surface area contributed by atoms with Crippen LogP contribution in [0.15, 0.2) is 104 Å². The van der Waals surface area contributed by atoms with Crippen molar-refractivity contribution in [3.63, 3.8) is 0 Å². The van der Waals surface area contributed by atoms with E-state index in [1.807, 2.05) is 36.4 Å². The number of nitrogens with one attached hydrogen (secondary N) is 1. The maximum atomic E-state index is 12.1. The fourth-order valence-electron chi connectivity index (χ4n) is 2.36. The lowest BCUT2D eigenvalue weighted by atomic mass is 10.0. The Morgan fingerprint density at radius 1 is 0.897 bits per heavy atom. The zero-order chi connectivity index (χ0) is 21.1. The average Bonchev–Trinajstić information content (AvgIpc) is 2.79. The molecule has 1 amide bonds. The monoisotopic (exact) mass is 385 g/mol. The average molecular weight is 385 g/mol. The number of carbonyl (C=O) groups is 2. The summed E-state index contributed by atoms with van der Waals surface area (Å²) >= 11 is 0. The third kappa shape index (κ3) is 6.63. The summed E-state index contributed by atoms with van der Waals surface area (Å²) in [6.07, 6.45) is 1.83. The molecule has 0 bridgehead atoms. The molecular weight excluding hydrogens is 362 g/mol. The maximum Gasteiger partial charge on any atom is 0.259 e. The minimum absolute atomic E-state index is 0.107. The van der Waals surface area contributed by atoms with Crippen LogP contribution in [0.4, 0.5) is 5.69 Å². The molecule has 0 unspecified atom stereocenters. The molecule has 1 N–H and O–H groups in total. The minimum Gasteiger partial charge on any atom is -0.497 e. The van der Waals surface area contributed by atoms with Crippen LogP contribution in [0.3, 0.4) is 0 Å². The van der Waals surface area contributed by atoms with Gasteiger partial charge in [0.25, 0.3) is 5.91 Å². The van der Waals surface area contributed by atoms with E-state index in [1.54, 1.807) is 61.7 Å². The molecule has 0 aliphatic rings. The molecule has 0 atom stereocenters. The van der Waals surface area contributed by atoms with Gasteiger partial charge in [-0.3, -0.25) is 9.59 Å². The van der Waals surface area contributed by atoms with Crippen molar-refractivity contribution in [1.29, 1.82) is 0 Å². The molecule has 3 rings (SSSR count). The predicted molar refractivity (Wildman–Crippen MR) is 118 cm³/mol. The third-order valence-electron chi connectivity index (χ3n) is 3.95. The number of Topliss-reactive ketones (excluding diaryl/α,β-unsaturated/α-hetero) is 1. The Morgan fingerprint density at radius 3 is 2.07 bits per heavy atom. The zero-order valence-electron chi connectivity index (χ0n) is 16.3. The number of hydrogen-bond acceptors (Lipinski definition) is 3. The molecule has 0 heterocycles. The zero-order valence-corrected chi connectivity index (χ0v) is 16.3. The summed E-state index contributed by atoms with van der Waals surface area (Å²) in [5.41, 5.74) is 2.04. The molecule has 29 heavy (non-hydrogen) atoms. The van der Waals surface area contributed by atoms with Crippen LogP contribution in [-0.2, 0) is 4.79 Å². The number of benzene rings is 3. The maximum absolute atomic E-state index is 12.1. The first-order chi connectivity index (χ1) is 14.0. The van der Waals surface area contributed by atoms with E-state index in [1.165, 1.54) is 5.56 Å². The predicted octanol–water partition coefficient (Wildman–Crippen LogP) is 5.40. The van der Waals surface area contributed by atoms with Gasteiger partial charge >= 0.3 is 0 Å². The van der Waals surface area contributed by atoms with Crippen molar-refractivity contribution in [3.8, 4) is 5.75 Å². The SMILES string of the molecule is C=C(C(=O)Nc1cccc(OC)c1)C(=O)c1ccccc1.C=Cc1ccccc1. The van der Waals surface area contributed by atoms with Gasteiger partial charge in [0.15, 0.2) is 5.78 Å². The Morgan fingerprint density at radius 2 is 1.52 bits per heavy atom. The normalized spacial score (nSPS) is 9.41. The van der Waals surface area contributed by atoms with Gasteiger partial charge in [-0.1, -0.05) is 86.0 Å². The van der Waals surface area contributed by atoms with Crippen molar-refractivity contribution in [1.82, 2.24) is 0 Å². The number of hydrogen-bond donors (Lipinski definition) is 1. The van der Waals surface area contributed by atoms with Gasteiger partial charge in [0.2, 0.25) is 0 Å². The Kier molecular flexibility index (Phi) is 8.14.